The number of nitrogens with one attached hydrogen (secondary N) is 1. The molecule has 0 aromatic carbocycles. The van der Waals surface area contributed by atoms with E-state index >= 15 is 0 Å². The van der Waals surface area contributed by atoms with Gasteiger partial charge in [-0.25, -0.2) is 0 Å². The molecule has 148 valence electrons. The minimum Gasteiger partial charge on any atom is -0.373 e. The molecule has 1 N–H and O–H groups in total. The average Bonchev–Trinajstić information content (AvgIpc) is 2.55. The Bertz CT molecular complexity index is 407. The van der Waals surface area contributed by atoms with E-state index in [0.717, 1.165) is 25.7 Å². The lowest BCUT2D eigenvalue weighted by molar-refractivity contribution is -0.149. The first-order valence-electron chi connectivity index (χ1n) is 9.62. The van der Waals surface area contributed by atoms with Crippen LogP contribution in [-0.4, -0.2) is 42.7 Å². The third kappa shape index (κ3) is 11.3. The topological polar surface area (TPSA) is 64.6 Å². The number of hydrogen-bond acceptors (Lipinski definition) is 4. The van der Waals surface area contributed by atoms with Crippen LogP contribution in [0.3, 0.4) is 0 Å². The summed E-state index contributed by atoms with van der Waals surface area (Å²) in [5.74, 6) is 0.190. The van der Waals surface area contributed by atoms with Gasteiger partial charge in [0.2, 0.25) is 5.91 Å². The number of carbonyl (C=O) groups is 2. The van der Waals surface area contributed by atoms with Crippen LogP contribution >= 0.6 is 0 Å². The van der Waals surface area contributed by atoms with Crippen LogP contribution in [0.25, 0.3) is 0 Å². The monoisotopic (exact) mass is 357 g/mol. The molecule has 0 spiro atoms. The summed E-state index contributed by atoms with van der Waals surface area (Å²) in [5.41, 5.74) is -0.841. The first-order valence-corrected chi connectivity index (χ1v) is 9.62. The molecule has 5 heteroatoms. The van der Waals surface area contributed by atoms with Crippen molar-refractivity contribution in [3.05, 3.63) is 0 Å². The minimum atomic E-state index is -0.480. The van der Waals surface area contributed by atoms with Gasteiger partial charge in [-0.2, -0.15) is 0 Å². The fourth-order valence-electron chi connectivity index (χ4n) is 2.01. The molecule has 5 nitrogen and oxygen atoms in total. The van der Waals surface area contributed by atoms with Crippen molar-refractivity contribution in [3.63, 3.8) is 0 Å². The molecule has 0 saturated carbocycles. The van der Waals surface area contributed by atoms with Gasteiger partial charge >= 0.3 is 0 Å². The molecule has 1 unspecified atom stereocenters. The first kappa shape index (κ1) is 24.1. The fraction of sp³-hybridized carbons (Fsp3) is 0.900. The molecule has 0 aliphatic rings. The number of ketones is 1. The zero-order valence-electron chi connectivity index (χ0n) is 17.4. The Morgan fingerprint density at radius 3 is 2.24 bits per heavy atom. The third-order valence-electron chi connectivity index (χ3n) is 4.53. The van der Waals surface area contributed by atoms with Gasteiger partial charge in [-0.1, -0.05) is 34.1 Å². The Morgan fingerprint density at radius 2 is 1.72 bits per heavy atom. The normalized spacial score (nSPS) is 14.4. The van der Waals surface area contributed by atoms with Gasteiger partial charge in [0, 0.05) is 18.9 Å². The van der Waals surface area contributed by atoms with Crippen LogP contribution < -0.4 is 5.32 Å². The van der Waals surface area contributed by atoms with Crippen LogP contribution in [-0.2, 0) is 19.1 Å². The van der Waals surface area contributed by atoms with Gasteiger partial charge in [0.05, 0.1) is 17.8 Å². The molecular formula is C20H39NO4. The molecule has 25 heavy (non-hydrogen) atoms. The average molecular weight is 358 g/mol. The molecular weight excluding hydrogens is 318 g/mol. The summed E-state index contributed by atoms with van der Waals surface area (Å²) < 4.78 is 11.9. The summed E-state index contributed by atoms with van der Waals surface area (Å²) in [4.78, 5) is 23.4. The molecule has 0 radical (unpaired) electrons. The maximum Gasteiger partial charge on any atom is 0.219 e. The fourth-order valence-corrected chi connectivity index (χ4v) is 2.01. The van der Waals surface area contributed by atoms with E-state index in [4.69, 9.17) is 9.47 Å². The molecule has 0 rings (SSSR count). The molecule has 0 aliphatic heterocycles. The lowest BCUT2D eigenvalue weighted by Gasteiger charge is -2.34. The minimum absolute atomic E-state index is 0.0187. The number of ether oxygens (including phenoxy) is 2. The van der Waals surface area contributed by atoms with E-state index in [1.165, 1.54) is 0 Å². The van der Waals surface area contributed by atoms with Crippen LogP contribution in [0.2, 0.25) is 0 Å². The van der Waals surface area contributed by atoms with Gasteiger partial charge in [0.1, 0.15) is 6.61 Å². The number of hydrogen-bond donors (Lipinski definition) is 1. The summed E-state index contributed by atoms with van der Waals surface area (Å²) in [6.45, 7) is 15.0. The molecule has 0 heterocycles. The number of amides is 1. The summed E-state index contributed by atoms with van der Waals surface area (Å²) in [6, 6.07) is 0. The van der Waals surface area contributed by atoms with Crippen molar-refractivity contribution in [3.8, 4) is 0 Å². The van der Waals surface area contributed by atoms with Crippen LogP contribution in [0.1, 0.15) is 80.6 Å². The van der Waals surface area contributed by atoms with Gasteiger partial charge in [-0.05, 0) is 40.0 Å². The molecule has 0 aliphatic carbocycles. The van der Waals surface area contributed by atoms with Crippen LogP contribution in [0.5, 0.6) is 0 Å². The summed E-state index contributed by atoms with van der Waals surface area (Å²) in [5, 5.41) is 2.94. The van der Waals surface area contributed by atoms with Gasteiger partial charge in [-0.15, -0.1) is 0 Å². The Kier molecular flexibility index (Phi) is 11.2. The van der Waals surface area contributed by atoms with Crippen molar-refractivity contribution in [2.75, 3.05) is 19.8 Å². The van der Waals surface area contributed by atoms with Crippen molar-refractivity contribution in [2.45, 2.75) is 91.8 Å². The first-order chi connectivity index (χ1) is 11.5. The van der Waals surface area contributed by atoms with Gasteiger partial charge in [0.25, 0.3) is 0 Å². The number of Topliss-reactive ketones (excluding diaryl/α,β-unsaturated/α-hetero) is 1. The van der Waals surface area contributed by atoms with Crippen LogP contribution in [0.4, 0.5) is 0 Å². The Labute approximate surface area is 154 Å². The van der Waals surface area contributed by atoms with Gasteiger partial charge in [0.15, 0.2) is 5.78 Å². The highest BCUT2D eigenvalue weighted by Crippen LogP contribution is 2.22. The van der Waals surface area contributed by atoms with Crippen molar-refractivity contribution >= 4 is 11.7 Å². The quantitative estimate of drug-likeness (QED) is 0.512. The summed E-state index contributed by atoms with van der Waals surface area (Å²) in [7, 11) is 0. The van der Waals surface area contributed by atoms with Crippen LogP contribution in [0, 0.1) is 5.92 Å². The molecule has 0 fully saturated rings. The molecule has 0 aromatic rings. The highest BCUT2D eigenvalue weighted by Gasteiger charge is 2.29. The van der Waals surface area contributed by atoms with Crippen molar-refractivity contribution in [2.24, 2.45) is 5.92 Å². The maximum atomic E-state index is 11.8. The van der Waals surface area contributed by atoms with Crippen molar-refractivity contribution in [1.82, 2.24) is 5.32 Å². The van der Waals surface area contributed by atoms with Crippen LogP contribution in [0.15, 0.2) is 0 Å². The molecule has 1 atom stereocenters. The lowest BCUT2D eigenvalue weighted by atomic mass is 10.0. The number of carbonyl (C=O) groups excluding carboxylic acids is 2. The molecule has 1 amide bonds. The predicted octanol–water partition coefficient (Wildman–Crippen LogP) is 3.89. The van der Waals surface area contributed by atoms with Crippen molar-refractivity contribution < 1.29 is 19.1 Å². The SMILES string of the molecule is CCCCC(=O)NCCC(C)(C)OCC(C)(CC)OCC(=O)C(C)C. The standard InChI is InChI=1S/C20H39NO4/c1-8-10-11-18(23)21-13-12-19(5,6)25-15-20(7,9-2)24-14-17(22)16(3)4/h16H,8-15H2,1-7H3,(H,21,23). The molecule has 0 aromatic heterocycles. The number of rotatable bonds is 14. The van der Waals surface area contributed by atoms with E-state index < -0.39 is 5.60 Å². The highest BCUT2D eigenvalue weighted by molar-refractivity contribution is 5.81. The van der Waals surface area contributed by atoms with E-state index in [9.17, 15) is 9.59 Å². The highest BCUT2D eigenvalue weighted by atomic mass is 16.6. The zero-order chi connectivity index (χ0) is 19.5. The summed E-state index contributed by atoms with van der Waals surface area (Å²) >= 11 is 0. The second-order valence-electron chi connectivity index (χ2n) is 7.97. The maximum absolute atomic E-state index is 11.8. The molecule has 0 bridgehead atoms. The van der Waals surface area contributed by atoms with Crippen molar-refractivity contribution in [1.29, 1.82) is 0 Å². The van der Waals surface area contributed by atoms with E-state index in [1.54, 1.807) is 0 Å². The third-order valence-corrected chi connectivity index (χ3v) is 4.53. The Morgan fingerprint density at radius 1 is 1.08 bits per heavy atom. The van der Waals surface area contributed by atoms with E-state index in [1.807, 2.05) is 41.5 Å². The second-order valence-corrected chi connectivity index (χ2v) is 7.97. The van der Waals surface area contributed by atoms with Gasteiger partial charge in [-0.3, -0.25) is 9.59 Å². The summed E-state index contributed by atoms with van der Waals surface area (Å²) in [6.07, 6.45) is 4.03. The Balaban J connectivity index is 4.28. The number of unbranched alkanes of at least 4 members (excludes halogenated alkanes) is 1. The van der Waals surface area contributed by atoms with E-state index in [2.05, 4.69) is 12.2 Å². The van der Waals surface area contributed by atoms with E-state index in [-0.39, 0.29) is 29.8 Å². The van der Waals surface area contributed by atoms with Gasteiger partial charge < -0.3 is 14.8 Å². The largest absolute Gasteiger partial charge is 0.373 e. The Hall–Kier alpha value is -0.940. The molecule has 0 saturated heterocycles. The second kappa shape index (κ2) is 11.6. The lowest BCUT2D eigenvalue weighted by Crippen LogP contribution is -2.41. The zero-order valence-corrected chi connectivity index (χ0v) is 17.4. The predicted molar refractivity (Wildman–Crippen MR) is 102 cm³/mol. The smallest absolute Gasteiger partial charge is 0.219 e. The van der Waals surface area contributed by atoms with E-state index in [0.29, 0.717) is 19.6 Å².